The minimum atomic E-state index is -4.30. The number of rotatable bonds is 4. The van der Waals surface area contributed by atoms with Crippen molar-refractivity contribution in [3.8, 4) is 11.6 Å². The molecule has 2 aromatic carbocycles. The second-order valence-electron chi connectivity index (χ2n) is 6.61. The molecule has 8 nitrogen and oxygen atoms in total. The van der Waals surface area contributed by atoms with Crippen LogP contribution in [0.5, 0.6) is 11.6 Å². The number of carbonyl (C=O) groups is 1. The van der Waals surface area contributed by atoms with Crippen LogP contribution in [0.2, 0.25) is 0 Å². The summed E-state index contributed by atoms with van der Waals surface area (Å²) in [6.07, 6.45) is 2.91. The van der Waals surface area contributed by atoms with Gasteiger partial charge in [0.05, 0.1) is 15.8 Å². The number of anilines is 1. The van der Waals surface area contributed by atoms with Gasteiger partial charge in [-0.3, -0.25) is 9.78 Å². The van der Waals surface area contributed by atoms with E-state index in [1.165, 1.54) is 19.3 Å². The molecule has 31 heavy (non-hydrogen) atoms. The average molecular weight is 444 g/mol. The Labute approximate surface area is 174 Å². The number of ether oxygens (including phenoxy) is 1. The molecule has 0 bridgehead atoms. The van der Waals surface area contributed by atoms with Crippen molar-refractivity contribution in [1.82, 2.24) is 9.97 Å². The van der Waals surface area contributed by atoms with Crippen LogP contribution in [-0.4, -0.2) is 24.3 Å². The van der Waals surface area contributed by atoms with Gasteiger partial charge in [0.15, 0.2) is 11.6 Å². The van der Waals surface area contributed by atoms with Gasteiger partial charge in [0.25, 0.3) is 0 Å². The van der Waals surface area contributed by atoms with Crippen LogP contribution in [-0.2, 0) is 14.8 Å². The lowest BCUT2D eigenvalue weighted by atomic mass is 10.1. The number of nitrogens with two attached hydrogens (primary N) is 1. The third-order valence-corrected chi connectivity index (χ3v) is 5.27. The molecule has 158 valence electrons. The molecule has 0 aliphatic rings. The molecular weight excluding hydrogens is 430 g/mol. The van der Waals surface area contributed by atoms with Gasteiger partial charge in [0, 0.05) is 35.8 Å². The molecule has 4 aromatic rings. The number of fused-ring (bicyclic) bond motifs is 3. The van der Waals surface area contributed by atoms with Crippen LogP contribution in [0.4, 0.5) is 14.5 Å². The number of carbonyl (C=O) groups excluding carboxylic acids is 1. The van der Waals surface area contributed by atoms with Crippen molar-refractivity contribution in [3.05, 3.63) is 60.4 Å². The quantitative estimate of drug-likeness (QED) is 0.465. The minimum absolute atomic E-state index is 0.113. The Bertz CT molecular complexity index is 1450. The SMILES string of the molecule is CC(=O)Nc1ccc2c(c1)ncc1ccnc(Oc3c(F)cc(S(N)(=O)=O)cc3F)c12. The summed E-state index contributed by atoms with van der Waals surface area (Å²) in [7, 11) is -4.30. The first-order valence-corrected chi connectivity index (χ1v) is 10.3. The van der Waals surface area contributed by atoms with E-state index in [0.29, 0.717) is 39.5 Å². The molecule has 0 atom stereocenters. The highest BCUT2D eigenvalue weighted by molar-refractivity contribution is 7.89. The summed E-state index contributed by atoms with van der Waals surface area (Å²) in [5, 5.41) is 9.16. The Balaban J connectivity index is 1.87. The third kappa shape index (κ3) is 4.00. The fraction of sp³-hybridized carbons (Fsp3) is 0.0500. The second kappa shape index (κ2) is 7.52. The number of sulfonamides is 1. The van der Waals surface area contributed by atoms with E-state index >= 15 is 0 Å². The van der Waals surface area contributed by atoms with Gasteiger partial charge in [0.1, 0.15) is 0 Å². The van der Waals surface area contributed by atoms with Crippen LogP contribution in [0.3, 0.4) is 0 Å². The van der Waals surface area contributed by atoms with E-state index in [1.54, 1.807) is 24.3 Å². The molecule has 2 aromatic heterocycles. The number of halogens is 2. The third-order valence-electron chi connectivity index (χ3n) is 4.38. The van der Waals surface area contributed by atoms with Crippen LogP contribution in [0.1, 0.15) is 6.92 Å². The van der Waals surface area contributed by atoms with Crippen LogP contribution in [0.15, 0.2) is 53.7 Å². The number of benzene rings is 2. The summed E-state index contributed by atoms with van der Waals surface area (Å²) in [6, 6.07) is 7.73. The lowest BCUT2D eigenvalue weighted by Crippen LogP contribution is -2.13. The molecule has 2 heterocycles. The fourth-order valence-corrected chi connectivity index (χ4v) is 3.61. The molecule has 0 saturated heterocycles. The van der Waals surface area contributed by atoms with E-state index in [2.05, 4.69) is 15.3 Å². The largest absolute Gasteiger partial charge is 0.432 e. The number of nitrogens with one attached hydrogen (secondary N) is 1. The summed E-state index contributed by atoms with van der Waals surface area (Å²) >= 11 is 0. The van der Waals surface area contributed by atoms with Crippen LogP contribution in [0, 0.1) is 11.6 Å². The van der Waals surface area contributed by atoms with Crippen molar-refractivity contribution in [1.29, 1.82) is 0 Å². The van der Waals surface area contributed by atoms with E-state index in [-0.39, 0.29) is 11.8 Å². The van der Waals surface area contributed by atoms with Crippen molar-refractivity contribution in [3.63, 3.8) is 0 Å². The lowest BCUT2D eigenvalue weighted by Gasteiger charge is -2.12. The normalized spacial score (nSPS) is 11.6. The van der Waals surface area contributed by atoms with Gasteiger partial charge < -0.3 is 10.1 Å². The highest BCUT2D eigenvalue weighted by Gasteiger charge is 2.20. The zero-order valence-corrected chi connectivity index (χ0v) is 16.7. The smallest absolute Gasteiger partial charge is 0.238 e. The fourth-order valence-electron chi connectivity index (χ4n) is 3.08. The summed E-state index contributed by atoms with van der Waals surface area (Å²) in [5.74, 6) is -3.70. The predicted molar refractivity (Wildman–Crippen MR) is 109 cm³/mol. The van der Waals surface area contributed by atoms with E-state index in [1.807, 2.05) is 0 Å². The Morgan fingerprint density at radius 3 is 2.45 bits per heavy atom. The molecule has 0 unspecified atom stereocenters. The van der Waals surface area contributed by atoms with Crippen LogP contribution in [0.25, 0.3) is 21.7 Å². The monoisotopic (exact) mass is 444 g/mol. The average Bonchev–Trinajstić information content (AvgIpc) is 2.69. The van der Waals surface area contributed by atoms with E-state index < -0.39 is 32.3 Å². The lowest BCUT2D eigenvalue weighted by molar-refractivity contribution is -0.114. The summed E-state index contributed by atoms with van der Waals surface area (Å²) in [4.78, 5) is 19.0. The maximum atomic E-state index is 14.4. The highest BCUT2D eigenvalue weighted by atomic mass is 32.2. The predicted octanol–water partition coefficient (Wildman–Crippen LogP) is 3.46. The highest BCUT2D eigenvalue weighted by Crippen LogP contribution is 2.36. The van der Waals surface area contributed by atoms with Gasteiger partial charge in [-0.15, -0.1) is 0 Å². The van der Waals surface area contributed by atoms with Crippen molar-refractivity contribution in [2.45, 2.75) is 11.8 Å². The molecule has 0 radical (unpaired) electrons. The molecule has 11 heteroatoms. The van der Waals surface area contributed by atoms with Crippen molar-refractivity contribution in [2.24, 2.45) is 5.14 Å². The number of hydrogen-bond donors (Lipinski definition) is 2. The zero-order chi connectivity index (χ0) is 22.3. The van der Waals surface area contributed by atoms with Crippen molar-refractivity contribution in [2.75, 3.05) is 5.32 Å². The zero-order valence-electron chi connectivity index (χ0n) is 15.9. The molecule has 1 amide bonds. The Hall–Kier alpha value is -3.70. The van der Waals surface area contributed by atoms with E-state index in [0.717, 1.165) is 0 Å². The summed E-state index contributed by atoms with van der Waals surface area (Å²) in [6.45, 7) is 1.37. The topological polar surface area (TPSA) is 124 Å². The second-order valence-corrected chi connectivity index (χ2v) is 8.18. The maximum Gasteiger partial charge on any atom is 0.238 e. The van der Waals surface area contributed by atoms with Gasteiger partial charge in [-0.2, -0.15) is 0 Å². The van der Waals surface area contributed by atoms with Gasteiger partial charge in [-0.1, -0.05) is 0 Å². The molecule has 0 spiro atoms. The van der Waals surface area contributed by atoms with Crippen molar-refractivity contribution < 1.29 is 26.7 Å². The molecular formula is C20H14F2N4O4S. The first-order valence-electron chi connectivity index (χ1n) is 8.78. The maximum absolute atomic E-state index is 14.4. The number of aromatic nitrogens is 2. The Kier molecular flexibility index (Phi) is 4.99. The Morgan fingerprint density at radius 2 is 1.81 bits per heavy atom. The van der Waals surface area contributed by atoms with Crippen molar-refractivity contribution >= 4 is 43.3 Å². The molecule has 0 aliphatic heterocycles. The van der Waals surface area contributed by atoms with Gasteiger partial charge >= 0.3 is 0 Å². The molecule has 0 saturated carbocycles. The minimum Gasteiger partial charge on any atom is -0.432 e. The van der Waals surface area contributed by atoms with Crippen LogP contribution < -0.4 is 15.2 Å². The number of amides is 1. The number of nitrogens with zero attached hydrogens (tertiary/aromatic N) is 2. The summed E-state index contributed by atoms with van der Waals surface area (Å²) in [5.41, 5.74) is 1.01. The first-order chi connectivity index (χ1) is 14.6. The summed E-state index contributed by atoms with van der Waals surface area (Å²) < 4.78 is 57.1. The molecule has 4 rings (SSSR count). The Morgan fingerprint density at radius 1 is 1.10 bits per heavy atom. The molecule has 3 N–H and O–H groups in total. The van der Waals surface area contributed by atoms with Gasteiger partial charge in [0.2, 0.25) is 27.6 Å². The van der Waals surface area contributed by atoms with E-state index in [9.17, 15) is 22.0 Å². The first kappa shape index (κ1) is 20.6. The molecule has 0 fully saturated rings. The number of pyridine rings is 2. The number of hydrogen-bond acceptors (Lipinski definition) is 6. The number of primary sulfonamides is 1. The van der Waals surface area contributed by atoms with E-state index in [4.69, 9.17) is 9.88 Å². The van der Waals surface area contributed by atoms with Crippen LogP contribution >= 0.6 is 0 Å². The van der Waals surface area contributed by atoms with Gasteiger partial charge in [-0.25, -0.2) is 27.3 Å². The molecule has 0 aliphatic carbocycles. The van der Waals surface area contributed by atoms with Gasteiger partial charge in [-0.05, 0) is 36.4 Å². The standard InChI is InChI=1S/C20H14F2N4O4S/c1-10(27)26-12-2-3-14-17(6-12)25-9-11-4-5-24-20(18(11)14)30-19-15(21)7-13(8-16(19)22)31(23,28)29/h2-9H,1H3,(H,26,27)(H2,23,28,29).